The van der Waals surface area contributed by atoms with E-state index in [1.165, 1.54) is 0 Å². The Morgan fingerprint density at radius 1 is 1.35 bits per heavy atom. The molecular formula is C13H23NO5S. The van der Waals surface area contributed by atoms with Crippen LogP contribution in [-0.4, -0.2) is 50.5 Å². The van der Waals surface area contributed by atoms with Gasteiger partial charge in [-0.3, -0.25) is 4.18 Å². The number of hydrogen-bond donors (Lipinski definition) is 0. The molecule has 1 atom stereocenters. The first-order valence-electron chi connectivity index (χ1n) is 6.84. The summed E-state index contributed by atoms with van der Waals surface area (Å²) in [6.07, 6.45) is 3.60. The van der Waals surface area contributed by atoms with Crippen molar-refractivity contribution in [3.8, 4) is 0 Å². The van der Waals surface area contributed by atoms with E-state index in [-0.39, 0.29) is 24.2 Å². The van der Waals surface area contributed by atoms with Crippen LogP contribution in [0.15, 0.2) is 0 Å². The van der Waals surface area contributed by atoms with Crippen LogP contribution >= 0.6 is 0 Å². The Labute approximate surface area is 120 Å². The summed E-state index contributed by atoms with van der Waals surface area (Å²) in [7, 11) is -3.49. The first-order chi connectivity index (χ1) is 9.00. The first-order valence-corrected chi connectivity index (χ1v) is 8.65. The lowest BCUT2D eigenvalue weighted by atomic mass is 10.0. The van der Waals surface area contributed by atoms with Crippen molar-refractivity contribution in [2.45, 2.75) is 51.7 Å². The zero-order valence-corrected chi connectivity index (χ0v) is 13.3. The van der Waals surface area contributed by atoms with Crippen molar-refractivity contribution < 1.29 is 22.1 Å². The third-order valence-corrected chi connectivity index (χ3v) is 4.24. The lowest BCUT2D eigenvalue weighted by Crippen LogP contribution is -2.42. The van der Waals surface area contributed by atoms with E-state index < -0.39 is 15.7 Å². The van der Waals surface area contributed by atoms with Crippen molar-refractivity contribution >= 4 is 16.2 Å². The number of ether oxygens (including phenoxy) is 1. The van der Waals surface area contributed by atoms with E-state index in [1.807, 2.05) is 20.8 Å². The van der Waals surface area contributed by atoms with E-state index in [2.05, 4.69) is 0 Å². The standard InChI is InChI=1S/C13H23NO5S/c1-12(2,3)19-11(15)14-9-13(5-6-13)7-10(14)8-18-20(4,16)17/h10H,5-9H2,1-4H3. The molecule has 1 amide bonds. The van der Waals surface area contributed by atoms with Gasteiger partial charge in [0.1, 0.15) is 5.60 Å². The molecule has 0 N–H and O–H groups in total. The molecule has 7 heteroatoms. The van der Waals surface area contributed by atoms with Gasteiger partial charge in [0, 0.05) is 6.54 Å². The summed E-state index contributed by atoms with van der Waals surface area (Å²) in [5, 5.41) is 0. The van der Waals surface area contributed by atoms with Crippen molar-refractivity contribution in [2.24, 2.45) is 5.41 Å². The van der Waals surface area contributed by atoms with Crippen LogP contribution in [0.2, 0.25) is 0 Å². The fourth-order valence-corrected chi connectivity index (χ4v) is 2.99. The van der Waals surface area contributed by atoms with Crippen LogP contribution in [0.25, 0.3) is 0 Å². The Hall–Kier alpha value is -0.820. The van der Waals surface area contributed by atoms with Gasteiger partial charge in [-0.1, -0.05) is 0 Å². The number of carbonyl (C=O) groups is 1. The number of likely N-dealkylation sites (tertiary alicyclic amines) is 1. The first kappa shape index (κ1) is 15.6. The number of amides is 1. The monoisotopic (exact) mass is 305 g/mol. The van der Waals surface area contributed by atoms with Gasteiger partial charge in [-0.05, 0) is 45.4 Å². The molecule has 1 spiro atoms. The van der Waals surface area contributed by atoms with Crippen LogP contribution < -0.4 is 0 Å². The van der Waals surface area contributed by atoms with Crippen LogP contribution in [0.5, 0.6) is 0 Å². The molecule has 0 bridgehead atoms. The predicted octanol–water partition coefficient (Wildman–Crippen LogP) is 1.75. The summed E-state index contributed by atoms with van der Waals surface area (Å²) in [5.41, 5.74) is -0.388. The van der Waals surface area contributed by atoms with Gasteiger partial charge in [-0.25, -0.2) is 4.79 Å². The number of nitrogens with zero attached hydrogens (tertiary/aromatic N) is 1. The third kappa shape index (κ3) is 4.09. The summed E-state index contributed by atoms with van der Waals surface area (Å²) in [5.74, 6) is 0. The smallest absolute Gasteiger partial charge is 0.410 e. The van der Waals surface area contributed by atoms with Crippen molar-refractivity contribution in [3.63, 3.8) is 0 Å². The highest BCUT2D eigenvalue weighted by molar-refractivity contribution is 7.85. The molecule has 2 rings (SSSR count). The van der Waals surface area contributed by atoms with Gasteiger partial charge in [0.25, 0.3) is 10.1 Å². The van der Waals surface area contributed by atoms with Crippen LogP contribution in [0.3, 0.4) is 0 Å². The van der Waals surface area contributed by atoms with E-state index in [0.29, 0.717) is 6.54 Å². The van der Waals surface area contributed by atoms with Crippen molar-refractivity contribution in [3.05, 3.63) is 0 Å². The van der Waals surface area contributed by atoms with Gasteiger partial charge < -0.3 is 9.64 Å². The van der Waals surface area contributed by atoms with Crippen LogP contribution in [0.1, 0.15) is 40.0 Å². The Balaban J connectivity index is 2.02. The van der Waals surface area contributed by atoms with Crippen LogP contribution in [0, 0.1) is 5.41 Å². The highest BCUT2D eigenvalue weighted by Gasteiger charge is 2.54. The maximum atomic E-state index is 12.2. The van der Waals surface area contributed by atoms with Crippen LogP contribution in [0.4, 0.5) is 4.79 Å². The van der Waals surface area contributed by atoms with E-state index >= 15 is 0 Å². The van der Waals surface area contributed by atoms with Crippen molar-refractivity contribution in [1.82, 2.24) is 4.90 Å². The summed E-state index contributed by atoms with van der Waals surface area (Å²) < 4.78 is 32.5. The second-order valence-electron chi connectivity index (χ2n) is 6.95. The fourth-order valence-electron chi connectivity index (χ4n) is 2.59. The normalized spacial score (nSPS) is 25.0. The Morgan fingerprint density at radius 3 is 2.40 bits per heavy atom. The van der Waals surface area contributed by atoms with E-state index in [9.17, 15) is 13.2 Å². The minimum absolute atomic E-state index is 0.0137. The van der Waals surface area contributed by atoms with Gasteiger partial charge >= 0.3 is 6.09 Å². The second-order valence-corrected chi connectivity index (χ2v) is 8.60. The van der Waals surface area contributed by atoms with Crippen molar-refractivity contribution in [1.29, 1.82) is 0 Å². The predicted molar refractivity (Wildman–Crippen MR) is 73.8 cm³/mol. The van der Waals surface area contributed by atoms with Gasteiger partial charge in [-0.2, -0.15) is 8.42 Å². The highest BCUT2D eigenvalue weighted by Crippen LogP contribution is 2.55. The van der Waals surface area contributed by atoms with Crippen molar-refractivity contribution in [2.75, 3.05) is 19.4 Å². The maximum absolute atomic E-state index is 12.2. The summed E-state index contributed by atoms with van der Waals surface area (Å²) >= 11 is 0. The minimum Gasteiger partial charge on any atom is -0.444 e. The average Bonchev–Trinajstić information content (AvgIpc) is 2.84. The molecule has 1 saturated carbocycles. The fraction of sp³-hybridized carbons (Fsp3) is 0.923. The van der Waals surface area contributed by atoms with E-state index in [0.717, 1.165) is 25.5 Å². The molecule has 0 aromatic rings. The molecule has 0 aromatic heterocycles. The Morgan fingerprint density at radius 2 is 1.95 bits per heavy atom. The van der Waals surface area contributed by atoms with Gasteiger partial charge in [0.05, 0.1) is 18.9 Å². The van der Waals surface area contributed by atoms with Crippen LogP contribution in [-0.2, 0) is 19.0 Å². The molecule has 116 valence electrons. The second kappa shape index (κ2) is 4.87. The molecule has 1 aliphatic carbocycles. The molecule has 2 aliphatic rings. The number of carbonyl (C=O) groups excluding carboxylic acids is 1. The molecule has 1 heterocycles. The quantitative estimate of drug-likeness (QED) is 0.743. The molecule has 2 fully saturated rings. The minimum atomic E-state index is -3.49. The molecule has 1 unspecified atom stereocenters. The summed E-state index contributed by atoms with van der Waals surface area (Å²) in [4.78, 5) is 13.8. The summed E-state index contributed by atoms with van der Waals surface area (Å²) in [6, 6.07) is -0.220. The SMILES string of the molecule is CC(C)(C)OC(=O)N1CC2(CC2)CC1COS(C)(=O)=O. The molecular weight excluding hydrogens is 282 g/mol. The summed E-state index contributed by atoms with van der Waals surface area (Å²) in [6.45, 7) is 6.10. The Kier molecular flexibility index (Phi) is 3.79. The topological polar surface area (TPSA) is 72.9 Å². The maximum Gasteiger partial charge on any atom is 0.410 e. The Bertz CT molecular complexity index is 489. The number of hydrogen-bond acceptors (Lipinski definition) is 5. The molecule has 20 heavy (non-hydrogen) atoms. The number of rotatable bonds is 3. The molecule has 1 saturated heterocycles. The van der Waals surface area contributed by atoms with Gasteiger partial charge in [-0.15, -0.1) is 0 Å². The molecule has 6 nitrogen and oxygen atoms in total. The highest BCUT2D eigenvalue weighted by atomic mass is 32.2. The molecule has 0 radical (unpaired) electrons. The molecule has 0 aromatic carbocycles. The van der Waals surface area contributed by atoms with Gasteiger partial charge in [0.2, 0.25) is 0 Å². The van der Waals surface area contributed by atoms with E-state index in [1.54, 1.807) is 4.90 Å². The largest absolute Gasteiger partial charge is 0.444 e. The zero-order chi connectivity index (χ0) is 15.2. The zero-order valence-electron chi connectivity index (χ0n) is 12.5. The lowest BCUT2D eigenvalue weighted by Gasteiger charge is -2.28. The van der Waals surface area contributed by atoms with Gasteiger partial charge in [0.15, 0.2) is 0 Å². The third-order valence-electron chi connectivity index (χ3n) is 3.67. The average molecular weight is 305 g/mol. The lowest BCUT2D eigenvalue weighted by molar-refractivity contribution is 0.0184. The molecule has 1 aliphatic heterocycles. The van der Waals surface area contributed by atoms with E-state index in [4.69, 9.17) is 8.92 Å².